The Kier molecular flexibility index (Phi) is 8.14. The van der Waals surface area contributed by atoms with Crippen LogP contribution in [-0.2, 0) is 5.41 Å². The van der Waals surface area contributed by atoms with Crippen LogP contribution in [0.4, 0.5) is 34.6 Å². The van der Waals surface area contributed by atoms with Crippen LogP contribution in [0.5, 0.6) is 0 Å². The Balaban J connectivity index is 1.47. The molecule has 0 unspecified atom stereocenters. The van der Waals surface area contributed by atoms with E-state index in [1.54, 1.807) is 12.1 Å². The van der Waals surface area contributed by atoms with E-state index in [0.717, 1.165) is 29.2 Å². The normalized spacial score (nSPS) is 11.5. The number of rotatable bonds is 9. The molecule has 1 amide bonds. The highest BCUT2D eigenvalue weighted by Gasteiger charge is 2.24. The number of para-hydroxylation sites is 1. The van der Waals surface area contributed by atoms with Crippen molar-refractivity contribution in [3.63, 3.8) is 0 Å². The van der Waals surface area contributed by atoms with Crippen molar-refractivity contribution in [2.45, 2.75) is 58.9 Å². The van der Waals surface area contributed by atoms with E-state index >= 15 is 0 Å². The van der Waals surface area contributed by atoms with Crippen molar-refractivity contribution >= 4 is 40.6 Å². The zero-order valence-corrected chi connectivity index (χ0v) is 23.5. The quantitative estimate of drug-likeness (QED) is 0.180. The third-order valence-electron chi connectivity index (χ3n) is 6.22. The fraction of sp³-hybridized carbons (Fsp3) is 0.290. The van der Waals surface area contributed by atoms with Crippen molar-refractivity contribution in [1.29, 1.82) is 0 Å². The van der Waals surface area contributed by atoms with E-state index in [-0.39, 0.29) is 16.9 Å². The highest BCUT2D eigenvalue weighted by Crippen LogP contribution is 2.27. The van der Waals surface area contributed by atoms with Crippen LogP contribution < -0.4 is 21.3 Å². The Morgan fingerprint density at radius 1 is 0.667 bits per heavy atom. The fourth-order valence-corrected chi connectivity index (χ4v) is 3.71. The molecule has 4 rings (SSSR count). The summed E-state index contributed by atoms with van der Waals surface area (Å²) in [4.78, 5) is 26.8. The van der Waals surface area contributed by atoms with Gasteiger partial charge in [-0.2, -0.15) is 15.0 Å². The second kappa shape index (κ2) is 11.5. The third kappa shape index (κ3) is 7.77. The van der Waals surface area contributed by atoms with Crippen molar-refractivity contribution in [2.75, 3.05) is 21.3 Å². The largest absolute Gasteiger partial charge is 0.380 e. The maximum Gasteiger partial charge on any atom is 0.255 e. The summed E-state index contributed by atoms with van der Waals surface area (Å²) in [5.41, 5.74) is 3.68. The molecule has 0 saturated carbocycles. The topological polar surface area (TPSA) is 104 Å². The molecule has 3 aromatic carbocycles. The summed E-state index contributed by atoms with van der Waals surface area (Å²) >= 11 is 0. The second-order valence-electron chi connectivity index (χ2n) is 11.1. The minimum Gasteiger partial charge on any atom is -0.380 e. The number of anilines is 6. The lowest BCUT2D eigenvalue weighted by atomic mass is 9.89. The number of hydrogen-bond donors (Lipinski definition) is 4. The molecule has 0 aliphatic carbocycles. The van der Waals surface area contributed by atoms with Crippen molar-refractivity contribution in [3.05, 3.63) is 90.3 Å². The van der Waals surface area contributed by atoms with Crippen molar-refractivity contribution < 1.29 is 4.79 Å². The molecule has 0 spiro atoms. The summed E-state index contributed by atoms with van der Waals surface area (Å²) in [5, 5.41) is 12.9. The first-order valence-electron chi connectivity index (χ1n) is 13.2. The number of benzene rings is 3. The number of aromatic nitrogens is 3. The van der Waals surface area contributed by atoms with Crippen LogP contribution in [0.1, 0.15) is 64.1 Å². The maximum atomic E-state index is 12.8. The molecule has 1 aromatic heterocycles. The summed E-state index contributed by atoms with van der Waals surface area (Å²) in [5.74, 6) is 1.41. The predicted molar refractivity (Wildman–Crippen MR) is 160 cm³/mol. The molecule has 0 radical (unpaired) electrons. The lowest BCUT2D eigenvalue weighted by molar-refractivity contribution is 0.102. The zero-order valence-electron chi connectivity index (χ0n) is 23.5. The number of nitrogens with zero attached hydrogens (tertiary/aromatic N) is 3. The van der Waals surface area contributed by atoms with Gasteiger partial charge in [-0.25, -0.2) is 0 Å². The maximum absolute atomic E-state index is 12.8. The molecule has 0 atom stereocenters. The van der Waals surface area contributed by atoms with Gasteiger partial charge in [-0.1, -0.05) is 39.0 Å². The number of nitrogens with one attached hydrogen (secondary N) is 4. The summed E-state index contributed by atoms with van der Waals surface area (Å²) in [6.07, 6.45) is 0.876. The van der Waals surface area contributed by atoms with Gasteiger partial charge in [0, 0.05) is 39.3 Å². The lowest BCUT2D eigenvalue weighted by Gasteiger charge is -2.22. The van der Waals surface area contributed by atoms with Gasteiger partial charge >= 0.3 is 0 Å². The van der Waals surface area contributed by atoms with Crippen molar-refractivity contribution in [3.8, 4) is 0 Å². The molecule has 0 aliphatic rings. The Labute approximate surface area is 230 Å². The number of carbonyl (C=O) groups excluding carboxylic acids is 1. The first-order valence-corrected chi connectivity index (χ1v) is 13.2. The minimum atomic E-state index is -0.227. The third-order valence-corrected chi connectivity index (χ3v) is 6.22. The molecule has 0 saturated heterocycles. The van der Waals surface area contributed by atoms with Gasteiger partial charge in [-0.15, -0.1) is 0 Å². The summed E-state index contributed by atoms with van der Waals surface area (Å²) in [7, 11) is 0. The number of hydrogen-bond acceptors (Lipinski definition) is 7. The molecule has 0 aliphatic heterocycles. The van der Waals surface area contributed by atoms with E-state index in [4.69, 9.17) is 4.98 Å². The van der Waals surface area contributed by atoms with Crippen LogP contribution in [0.2, 0.25) is 0 Å². The average Bonchev–Trinajstić information content (AvgIpc) is 2.90. The smallest absolute Gasteiger partial charge is 0.255 e. The highest BCUT2D eigenvalue weighted by atomic mass is 16.1. The SMILES string of the molecule is CCC(C)(C)c1nc(Nc2ccccc2)nc(Nc2ccc(C(=O)Nc3ccc(NC(C)(C)C)cc3)cc2)n1. The number of amides is 1. The van der Waals surface area contributed by atoms with Gasteiger partial charge in [0.1, 0.15) is 5.82 Å². The van der Waals surface area contributed by atoms with E-state index in [9.17, 15) is 4.79 Å². The average molecular weight is 524 g/mol. The highest BCUT2D eigenvalue weighted by molar-refractivity contribution is 6.04. The van der Waals surface area contributed by atoms with Gasteiger partial charge in [0.25, 0.3) is 5.91 Å². The van der Waals surface area contributed by atoms with E-state index in [1.807, 2.05) is 66.7 Å². The van der Waals surface area contributed by atoms with Crippen LogP contribution in [0.3, 0.4) is 0 Å². The van der Waals surface area contributed by atoms with E-state index in [2.05, 4.69) is 72.8 Å². The Morgan fingerprint density at radius 2 is 1.18 bits per heavy atom. The predicted octanol–water partition coefficient (Wildman–Crippen LogP) is 7.51. The Hall–Kier alpha value is -4.46. The lowest BCUT2D eigenvalue weighted by Crippen LogP contribution is -2.25. The van der Waals surface area contributed by atoms with Crippen LogP contribution in [0.25, 0.3) is 0 Å². The summed E-state index contributed by atoms with van der Waals surface area (Å²) < 4.78 is 0. The fourth-order valence-electron chi connectivity index (χ4n) is 3.71. The molecule has 0 bridgehead atoms. The van der Waals surface area contributed by atoms with Crippen molar-refractivity contribution in [1.82, 2.24) is 15.0 Å². The molecular weight excluding hydrogens is 486 g/mol. The molecule has 202 valence electrons. The van der Waals surface area contributed by atoms with E-state index < -0.39 is 0 Å². The van der Waals surface area contributed by atoms with Crippen LogP contribution in [0, 0.1) is 0 Å². The summed E-state index contributed by atoms with van der Waals surface area (Å²) in [6, 6.07) is 24.7. The van der Waals surface area contributed by atoms with Gasteiger partial charge in [-0.05, 0) is 87.9 Å². The first kappa shape index (κ1) is 27.6. The van der Waals surface area contributed by atoms with Gasteiger partial charge in [-0.3, -0.25) is 4.79 Å². The first-order chi connectivity index (χ1) is 18.5. The van der Waals surface area contributed by atoms with Crippen LogP contribution in [0.15, 0.2) is 78.9 Å². The van der Waals surface area contributed by atoms with Gasteiger partial charge in [0.2, 0.25) is 11.9 Å². The molecule has 0 fully saturated rings. The Bertz CT molecular complexity index is 1390. The zero-order chi connectivity index (χ0) is 28.0. The minimum absolute atomic E-state index is 0.0321. The molecule has 8 heteroatoms. The van der Waals surface area contributed by atoms with Gasteiger partial charge in [0.05, 0.1) is 0 Å². The number of carbonyl (C=O) groups is 1. The molecule has 8 nitrogen and oxygen atoms in total. The van der Waals surface area contributed by atoms with Gasteiger partial charge in [0.15, 0.2) is 0 Å². The molecule has 4 aromatic rings. The Morgan fingerprint density at radius 3 is 1.72 bits per heavy atom. The van der Waals surface area contributed by atoms with Crippen LogP contribution in [-0.4, -0.2) is 26.4 Å². The molecule has 39 heavy (non-hydrogen) atoms. The van der Waals surface area contributed by atoms with Crippen LogP contribution >= 0.6 is 0 Å². The van der Waals surface area contributed by atoms with E-state index in [1.165, 1.54) is 0 Å². The molecular formula is C31H37N7O. The van der Waals surface area contributed by atoms with Gasteiger partial charge < -0.3 is 21.3 Å². The molecule has 4 N–H and O–H groups in total. The molecule has 1 heterocycles. The monoisotopic (exact) mass is 523 g/mol. The standard InChI is InChI=1S/C31H37N7O/c1-7-31(5,6)27-35-28(33-22-11-9-8-10-12-22)37-29(36-27)34-24-15-13-21(14-16-24)26(39)32-23-17-19-25(20-18-23)38-30(2,3)4/h8-20,38H,7H2,1-6H3,(H,32,39)(H2,33,34,35,36,37). The van der Waals surface area contributed by atoms with Crippen molar-refractivity contribution in [2.24, 2.45) is 0 Å². The van der Waals surface area contributed by atoms with E-state index in [0.29, 0.717) is 23.3 Å². The second-order valence-corrected chi connectivity index (χ2v) is 11.1. The summed E-state index contributed by atoms with van der Waals surface area (Å²) in [6.45, 7) is 12.7.